The quantitative estimate of drug-likeness (QED) is 0.229. The summed E-state index contributed by atoms with van der Waals surface area (Å²) in [6, 6.07) is 18.6. The van der Waals surface area contributed by atoms with Crippen LogP contribution in [0.4, 0.5) is 0 Å². The molecule has 0 aliphatic carbocycles. The van der Waals surface area contributed by atoms with Crippen LogP contribution in [0.3, 0.4) is 0 Å². The van der Waals surface area contributed by atoms with Crippen LogP contribution >= 0.6 is 0 Å². The van der Waals surface area contributed by atoms with Crippen LogP contribution in [-0.4, -0.2) is 29.7 Å². The van der Waals surface area contributed by atoms with E-state index >= 15 is 0 Å². The molecule has 1 N–H and O–H groups in total. The first kappa shape index (κ1) is 26.3. The number of hydrogen-bond donors (Lipinski definition) is 1. The number of rotatable bonds is 12. The number of ether oxygens (including phenoxy) is 4. The minimum Gasteiger partial charge on any atom is -0.493 e. The third-order valence-corrected chi connectivity index (χ3v) is 6.04. The molecule has 0 saturated carbocycles. The van der Waals surface area contributed by atoms with Crippen molar-refractivity contribution in [1.29, 1.82) is 0 Å². The predicted molar refractivity (Wildman–Crippen MR) is 144 cm³/mol. The first-order chi connectivity index (χ1) is 17.9. The second-order valence-electron chi connectivity index (χ2n) is 9.51. The second kappa shape index (κ2) is 12.0. The number of hydrogen-bond acceptors (Lipinski definition) is 6. The van der Waals surface area contributed by atoms with E-state index in [0.717, 1.165) is 18.4 Å². The summed E-state index contributed by atoms with van der Waals surface area (Å²) < 4.78 is 24.0. The fourth-order valence-electron chi connectivity index (χ4n) is 4.00. The molecule has 6 heteroatoms. The van der Waals surface area contributed by atoms with E-state index in [1.165, 1.54) is 0 Å². The zero-order valence-corrected chi connectivity index (χ0v) is 21.7. The van der Waals surface area contributed by atoms with E-state index in [1.54, 1.807) is 24.3 Å². The fraction of sp³-hybridized carbons (Fsp3) is 0.323. The van der Waals surface area contributed by atoms with Gasteiger partial charge in [0.15, 0.2) is 6.61 Å². The molecule has 0 spiro atoms. The van der Waals surface area contributed by atoms with Crippen LogP contribution in [-0.2, 0) is 13.2 Å². The molecule has 0 bridgehead atoms. The van der Waals surface area contributed by atoms with Gasteiger partial charge in [-0.2, -0.15) is 0 Å². The lowest BCUT2D eigenvalue weighted by molar-refractivity contribution is 0.0913. The monoisotopic (exact) mass is 502 g/mol. The molecule has 3 aromatic carbocycles. The Hall–Kier alpha value is -3.77. The van der Waals surface area contributed by atoms with Gasteiger partial charge >= 0.3 is 0 Å². The number of aliphatic hydroxyl groups excluding tert-OH is 1. The molecule has 0 atom stereocenters. The Kier molecular flexibility index (Phi) is 8.51. The molecule has 3 aromatic rings. The summed E-state index contributed by atoms with van der Waals surface area (Å²) >= 11 is 0. The van der Waals surface area contributed by atoms with E-state index < -0.39 is 5.60 Å². The van der Waals surface area contributed by atoms with Gasteiger partial charge in [0.25, 0.3) is 0 Å². The second-order valence-corrected chi connectivity index (χ2v) is 9.51. The molecule has 194 valence electrons. The SMILES string of the molecule is CCCCOc1ccc(C(=O)COc2c(CO)ccc3c2C=CC(C)(C)O3)c(OCc2ccccc2)c1. The van der Waals surface area contributed by atoms with Gasteiger partial charge in [-0.3, -0.25) is 4.79 Å². The molecule has 0 saturated heterocycles. The number of carbonyl (C=O) groups excluding carboxylic acids is 1. The summed E-state index contributed by atoms with van der Waals surface area (Å²) in [7, 11) is 0. The lowest BCUT2D eigenvalue weighted by Gasteiger charge is -2.29. The van der Waals surface area contributed by atoms with Crippen molar-refractivity contribution in [2.45, 2.75) is 52.4 Å². The molecule has 1 aliphatic rings. The standard InChI is InChI=1S/C31H34O6/c1-4-5-17-34-24-12-13-25(29(18-24)35-20-22-9-7-6-8-10-22)27(33)21-36-30-23(19-32)11-14-28-26(30)15-16-31(2,3)37-28/h6-16,18,32H,4-5,17,19-21H2,1-3H3. The smallest absolute Gasteiger partial charge is 0.203 e. The molecular weight excluding hydrogens is 468 g/mol. The van der Waals surface area contributed by atoms with Crippen LogP contribution in [0.2, 0.25) is 0 Å². The van der Waals surface area contributed by atoms with Crippen molar-refractivity contribution in [3.8, 4) is 23.0 Å². The molecule has 37 heavy (non-hydrogen) atoms. The van der Waals surface area contributed by atoms with Crippen molar-refractivity contribution in [1.82, 2.24) is 0 Å². The lowest BCUT2D eigenvalue weighted by Crippen LogP contribution is -2.27. The van der Waals surface area contributed by atoms with Crippen LogP contribution in [0.15, 0.2) is 66.7 Å². The Labute approximate surface area is 218 Å². The first-order valence-electron chi connectivity index (χ1n) is 12.6. The van der Waals surface area contributed by atoms with E-state index in [1.807, 2.05) is 62.4 Å². The highest BCUT2D eigenvalue weighted by molar-refractivity contribution is 6.00. The summed E-state index contributed by atoms with van der Waals surface area (Å²) in [4.78, 5) is 13.3. The van der Waals surface area contributed by atoms with Crippen LogP contribution in [0, 0.1) is 0 Å². The molecule has 1 aliphatic heterocycles. The molecule has 0 amide bonds. The van der Waals surface area contributed by atoms with Crippen molar-refractivity contribution in [2.75, 3.05) is 13.2 Å². The van der Waals surface area contributed by atoms with E-state index in [2.05, 4.69) is 6.92 Å². The Morgan fingerprint density at radius 1 is 1.00 bits per heavy atom. The van der Waals surface area contributed by atoms with E-state index in [0.29, 0.717) is 52.9 Å². The van der Waals surface area contributed by atoms with Gasteiger partial charge in [-0.25, -0.2) is 0 Å². The van der Waals surface area contributed by atoms with Crippen molar-refractivity contribution < 1.29 is 28.8 Å². The molecule has 4 rings (SSSR count). The zero-order valence-electron chi connectivity index (χ0n) is 21.7. The maximum atomic E-state index is 13.3. The van der Waals surface area contributed by atoms with Crippen LogP contribution < -0.4 is 18.9 Å². The number of fused-ring (bicyclic) bond motifs is 1. The third-order valence-electron chi connectivity index (χ3n) is 6.04. The molecule has 1 heterocycles. The summed E-state index contributed by atoms with van der Waals surface area (Å²) in [5.41, 5.74) is 2.24. The number of Topliss-reactive ketones (excluding diaryl/α,β-unsaturated/α-hetero) is 1. The van der Waals surface area contributed by atoms with Gasteiger partial charge in [0.1, 0.15) is 35.2 Å². The topological polar surface area (TPSA) is 74.2 Å². The van der Waals surface area contributed by atoms with Crippen molar-refractivity contribution in [2.24, 2.45) is 0 Å². The minimum atomic E-state index is -0.452. The summed E-state index contributed by atoms with van der Waals surface area (Å²) in [6.07, 6.45) is 5.81. The van der Waals surface area contributed by atoms with Gasteiger partial charge in [-0.05, 0) is 62.2 Å². The molecule has 0 unspecified atom stereocenters. The van der Waals surface area contributed by atoms with Gasteiger partial charge in [0.2, 0.25) is 5.78 Å². The lowest BCUT2D eigenvalue weighted by atomic mass is 9.99. The van der Waals surface area contributed by atoms with E-state index in [9.17, 15) is 9.90 Å². The summed E-state index contributed by atoms with van der Waals surface area (Å²) in [5.74, 6) is 1.93. The van der Waals surface area contributed by atoms with E-state index in [4.69, 9.17) is 18.9 Å². The number of ketones is 1. The Morgan fingerprint density at radius 3 is 2.57 bits per heavy atom. The predicted octanol–water partition coefficient (Wildman–Crippen LogP) is 6.38. The van der Waals surface area contributed by atoms with Gasteiger partial charge in [-0.15, -0.1) is 0 Å². The number of carbonyl (C=O) groups is 1. The highest BCUT2D eigenvalue weighted by atomic mass is 16.5. The van der Waals surface area contributed by atoms with Gasteiger partial charge in [0.05, 0.1) is 24.3 Å². The maximum absolute atomic E-state index is 13.3. The largest absolute Gasteiger partial charge is 0.493 e. The molecular formula is C31H34O6. The maximum Gasteiger partial charge on any atom is 0.203 e. The third kappa shape index (κ3) is 6.71. The Balaban J connectivity index is 1.55. The van der Waals surface area contributed by atoms with Crippen molar-refractivity contribution in [3.05, 3.63) is 89.0 Å². The minimum absolute atomic E-state index is 0.219. The average molecular weight is 503 g/mol. The van der Waals surface area contributed by atoms with Gasteiger partial charge in [0, 0.05) is 11.6 Å². The van der Waals surface area contributed by atoms with E-state index in [-0.39, 0.29) is 19.0 Å². The highest BCUT2D eigenvalue weighted by Gasteiger charge is 2.26. The molecule has 0 fully saturated rings. The first-order valence-corrected chi connectivity index (χ1v) is 12.6. The number of benzene rings is 3. The average Bonchev–Trinajstić information content (AvgIpc) is 2.90. The zero-order chi connectivity index (χ0) is 26.3. The summed E-state index contributed by atoms with van der Waals surface area (Å²) in [6.45, 7) is 6.50. The fourth-order valence-corrected chi connectivity index (χ4v) is 4.00. The van der Waals surface area contributed by atoms with Gasteiger partial charge < -0.3 is 24.1 Å². The Bertz CT molecular complexity index is 1250. The van der Waals surface area contributed by atoms with Crippen LogP contribution in [0.1, 0.15) is 60.7 Å². The van der Waals surface area contributed by atoms with Crippen LogP contribution in [0.5, 0.6) is 23.0 Å². The summed E-state index contributed by atoms with van der Waals surface area (Å²) in [5, 5.41) is 9.88. The van der Waals surface area contributed by atoms with Gasteiger partial charge in [-0.1, -0.05) is 43.7 Å². The van der Waals surface area contributed by atoms with Crippen molar-refractivity contribution in [3.63, 3.8) is 0 Å². The molecule has 0 radical (unpaired) electrons. The molecule has 6 nitrogen and oxygen atoms in total. The normalized spacial score (nSPS) is 13.4. The number of aliphatic hydroxyl groups is 1. The number of unbranched alkanes of at least 4 members (excludes halogenated alkanes) is 1. The highest BCUT2D eigenvalue weighted by Crippen LogP contribution is 2.39. The van der Waals surface area contributed by atoms with Crippen LogP contribution in [0.25, 0.3) is 6.08 Å². The molecule has 0 aromatic heterocycles. The Morgan fingerprint density at radius 2 is 1.81 bits per heavy atom. The van der Waals surface area contributed by atoms with Crippen molar-refractivity contribution >= 4 is 11.9 Å².